The molecule has 0 amide bonds. The van der Waals surface area contributed by atoms with E-state index in [2.05, 4.69) is 9.88 Å². The van der Waals surface area contributed by atoms with Gasteiger partial charge in [0.1, 0.15) is 0 Å². The number of aromatic amines is 1. The number of sulfone groups is 1. The number of hydrogen-bond acceptors (Lipinski definition) is 3. The molecule has 128 valence electrons. The molecule has 0 aliphatic carbocycles. The van der Waals surface area contributed by atoms with Crippen LogP contribution in [0.25, 0.3) is 10.9 Å². The van der Waals surface area contributed by atoms with Gasteiger partial charge in [-0.1, -0.05) is 36.4 Å². The molecule has 0 unspecified atom stereocenters. The summed E-state index contributed by atoms with van der Waals surface area (Å²) in [7, 11) is 0.544. The van der Waals surface area contributed by atoms with Crippen LogP contribution in [0.3, 0.4) is 0 Å². The fourth-order valence-corrected chi connectivity index (χ4v) is 4.14. The molecule has 0 aliphatic heterocycles. The van der Waals surface area contributed by atoms with Crippen molar-refractivity contribution in [1.82, 2.24) is 9.88 Å². The number of H-pyrrole nitrogens is 1. The number of halogens is 1. The molecule has 4 nitrogen and oxygen atoms in total. The predicted octanol–water partition coefficient (Wildman–Crippen LogP) is 3.53. The molecule has 0 aliphatic rings. The van der Waals surface area contributed by atoms with Gasteiger partial charge >= 0.3 is 0 Å². The standard InChI is InChI=1S/C18H20N2O2S.ClH/c1-20(2)12-11-14-7-6-10-16-17(13-19-18(14)16)23(21,22)15-8-4-3-5-9-15;/h3-10,13,19H,11-12H2,1-2H3;1H. The summed E-state index contributed by atoms with van der Waals surface area (Å²) in [6, 6.07) is 14.4. The first kappa shape index (κ1) is 18.5. The number of rotatable bonds is 5. The first-order valence-corrected chi connectivity index (χ1v) is 9.02. The van der Waals surface area contributed by atoms with Gasteiger partial charge in [0.15, 0.2) is 0 Å². The normalized spacial score (nSPS) is 11.6. The molecule has 1 aromatic heterocycles. The van der Waals surface area contributed by atoms with Crippen molar-refractivity contribution in [1.29, 1.82) is 0 Å². The van der Waals surface area contributed by atoms with Crippen LogP contribution in [-0.4, -0.2) is 38.9 Å². The van der Waals surface area contributed by atoms with E-state index in [1.54, 1.807) is 30.5 Å². The number of nitrogens with zero attached hydrogens (tertiary/aromatic N) is 1. The summed E-state index contributed by atoms with van der Waals surface area (Å²) in [6.45, 7) is 0.916. The summed E-state index contributed by atoms with van der Waals surface area (Å²) in [5, 5.41) is 0.755. The number of hydrogen-bond donors (Lipinski definition) is 1. The molecular weight excluding hydrogens is 344 g/mol. The summed E-state index contributed by atoms with van der Waals surface area (Å²) in [6.07, 6.45) is 2.47. The molecule has 2 aromatic carbocycles. The average Bonchev–Trinajstić information content (AvgIpc) is 2.99. The summed E-state index contributed by atoms with van der Waals surface area (Å²) in [5.74, 6) is 0. The zero-order chi connectivity index (χ0) is 16.4. The maximum Gasteiger partial charge on any atom is 0.208 e. The Hall–Kier alpha value is -1.82. The highest BCUT2D eigenvalue weighted by Gasteiger charge is 2.22. The molecule has 0 radical (unpaired) electrons. The van der Waals surface area contributed by atoms with Crippen LogP contribution in [0, 0.1) is 0 Å². The highest BCUT2D eigenvalue weighted by atomic mass is 35.5. The summed E-state index contributed by atoms with van der Waals surface area (Å²) >= 11 is 0. The molecule has 24 heavy (non-hydrogen) atoms. The molecule has 3 aromatic rings. The van der Waals surface area contributed by atoms with Crippen LogP contribution >= 0.6 is 12.4 Å². The highest BCUT2D eigenvalue weighted by Crippen LogP contribution is 2.30. The van der Waals surface area contributed by atoms with Crippen LogP contribution in [0.1, 0.15) is 5.56 Å². The van der Waals surface area contributed by atoms with Gasteiger partial charge in [0.05, 0.1) is 15.3 Å². The predicted molar refractivity (Wildman–Crippen MR) is 99.7 cm³/mol. The minimum Gasteiger partial charge on any atom is -0.360 e. The molecule has 0 bridgehead atoms. The smallest absolute Gasteiger partial charge is 0.208 e. The van der Waals surface area contributed by atoms with E-state index in [0.717, 1.165) is 29.4 Å². The third-order valence-corrected chi connectivity index (χ3v) is 5.74. The van der Waals surface area contributed by atoms with E-state index in [1.165, 1.54) is 0 Å². The number of fused-ring (bicyclic) bond motifs is 1. The van der Waals surface area contributed by atoms with Crippen molar-refractivity contribution in [3.05, 3.63) is 60.3 Å². The number of likely N-dealkylation sites (N-methyl/N-ethyl adjacent to an activating group) is 1. The van der Waals surface area contributed by atoms with Gasteiger partial charge in [-0.15, -0.1) is 12.4 Å². The molecule has 0 spiro atoms. The second kappa shape index (κ2) is 7.38. The number of para-hydroxylation sites is 1. The lowest BCUT2D eigenvalue weighted by atomic mass is 10.1. The van der Waals surface area contributed by atoms with E-state index < -0.39 is 9.84 Å². The number of benzene rings is 2. The lowest BCUT2D eigenvalue weighted by molar-refractivity contribution is 0.414. The lowest BCUT2D eigenvalue weighted by Crippen LogP contribution is -2.15. The molecule has 1 heterocycles. The largest absolute Gasteiger partial charge is 0.360 e. The molecule has 6 heteroatoms. The fourth-order valence-electron chi connectivity index (χ4n) is 2.69. The quantitative estimate of drug-likeness (QED) is 0.753. The average molecular weight is 365 g/mol. The Bertz CT molecular complexity index is 919. The molecule has 0 atom stereocenters. The van der Waals surface area contributed by atoms with E-state index in [0.29, 0.717) is 9.79 Å². The second-order valence-electron chi connectivity index (χ2n) is 5.86. The van der Waals surface area contributed by atoms with Crippen LogP contribution in [0.15, 0.2) is 64.5 Å². The molecule has 0 saturated carbocycles. The van der Waals surface area contributed by atoms with Gasteiger partial charge in [-0.25, -0.2) is 8.42 Å². The fraction of sp³-hybridized carbons (Fsp3) is 0.222. The van der Waals surface area contributed by atoms with Gasteiger partial charge in [-0.2, -0.15) is 0 Å². The van der Waals surface area contributed by atoms with E-state index in [4.69, 9.17) is 0 Å². The second-order valence-corrected chi connectivity index (χ2v) is 7.78. The Morgan fingerprint density at radius 1 is 1.00 bits per heavy atom. The number of aromatic nitrogens is 1. The van der Waals surface area contributed by atoms with E-state index >= 15 is 0 Å². The third kappa shape index (κ3) is 3.48. The van der Waals surface area contributed by atoms with Crippen molar-refractivity contribution in [2.75, 3.05) is 20.6 Å². The Labute approximate surface area is 148 Å². The van der Waals surface area contributed by atoms with E-state index in [-0.39, 0.29) is 12.4 Å². The van der Waals surface area contributed by atoms with E-state index in [1.807, 2.05) is 38.4 Å². The Balaban J connectivity index is 0.00000208. The maximum atomic E-state index is 12.9. The monoisotopic (exact) mass is 364 g/mol. The van der Waals surface area contributed by atoms with Gasteiger partial charge in [0, 0.05) is 18.1 Å². The summed E-state index contributed by atoms with van der Waals surface area (Å²) in [5.41, 5.74) is 2.04. The topological polar surface area (TPSA) is 53.2 Å². The first-order chi connectivity index (χ1) is 11.0. The van der Waals surface area contributed by atoms with Crippen molar-refractivity contribution in [3.63, 3.8) is 0 Å². The van der Waals surface area contributed by atoms with Crippen LogP contribution in [0.5, 0.6) is 0 Å². The molecule has 3 rings (SSSR count). The van der Waals surface area contributed by atoms with Gasteiger partial charge in [0.2, 0.25) is 9.84 Å². The minimum absolute atomic E-state index is 0. The first-order valence-electron chi connectivity index (χ1n) is 7.54. The minimum atomic E-state index is -3.51. The van der Waals surface area contributed by atoms with Crippen molar-refractivity contribution in [2.24, 2.45) is 0 Å². The van der Waals surface area contributed by atoms with Crippen LogP contribution in [-0.2, 0) is 16.3 Å². The van der Waals surface area contributed by atoms with Crippen LogP contribution < -0.4 is 0 Å². The zero-order valence-electron chi connectivity index (χ0n) is 13.7. The van der Waals surface area contributed by atoms with Gasteiger partial charge in [0.25, 0.3) is 0 Å². The molecular formula is C18H21ClN2O2S. The van der Waals surface area contributed by atoms with Gasteiger partial charge in [-0.3, -0.25) is 0 Å². The Kier molecular flexibility index (Phi) is 5.70. The van der Waals surface area contributed by atoms with Crippen molar-refractivity contribution < 1.29 is 8.42 Å². The SMILES string of the molecule is CN(C)CCc1cccc2c(S(=O)(=O)c3ccccc3)c[nH]c12.Cl. The number of nitrogens with one attached hydrogen (secondary N) is 1. The molecule has 0 fully saturated rings. The van der Waals surface area contributed by atoms with Gasteiger partial charge in [-0.05, 0) is 38.2 Å². The molecule has 1 N–H and O–H groups in total. The van der Waals surface area contributed by atoms with Crippen molar-refractivity contribution >= 4 is 33.1 Å². The summed E-state index contributed by atoms with van der Waals surface area (Å²) in [4.78, 5) is 5.93. The third-order valence-electron chi connectivity index (χ3n) is 3.94. The molecule has 0 saturated heterocycles. The Morgan fingerprint density at radius 2 is 1.71 bits per heavy atom. The van der Waals surface area contributed by atoms with Crippen LogP contribution in [0.2, 0.25) is 0 Å². The lowest BCUT2D eigenvalue weighted by Gasteiger charge is -2.10. The highest BCUT2D eigenvalue weighted by molar-refractivity contribution is 7.91. The van der Waals surface area contributed by atoms with Crippen molar-refractivity contribution in [3.8, 4) is 0 Å². The summed E-state index contributed by atoms with van der Waals surface area (Å²) < 4.78 is 25.7. The van der Waals surface area contributed by atoms with Crippen LogP contribution in [0.4, 0.5) is 0 Å². The Morgan fingerprint density at radius 3 is 2.38 bits per heavy atom. The van der Waals surface area contributed by atoms with Crippen molar-refractivity contribution in [2.45, 2.75) is 16.2 Å². The van der Waals surface area contributed by atoms with E-state index in [9.17, 15) is 8.42 Å². The zero-order valence-corrected chi connectivity index (χ0v) is 15.3. The van der Waals surface area contributed by atoms with Gasteiger partial charge < -0.3 is 9.88 Å². The maximum absolute atomic E-state index is 12.9.